The highest BCUT2D eigenvalue weighted by Crippen LogP contribution is 2.08. The number of unbranched alkanes of at least 4 members (excludes halogenated alkanes) is 1. The minimum Gasteiger partial charge on any atom is -0.381 e. The monoisotopic (exact) mass is 494 g/mol. The summed E-state index contributed by atoms with van der Waals surface area (Å²) < 4.78 is 19.0. The van der Waals surface area contributed by atoms with Crippen molar-refractivity contribution < 1.29 is 13.9 Å². The van der Waals surface area contributed by atoms with Crippen molar-refractivity contribution in [2.24, 2.45) is 4.99 Å². The number of hydrogen-bond acceptors (Lipinski definition) is 3. The van der Waals surface area contributed by atoms with E-state index in [0.717, 1.165) is 39.0 Å². The third-order valence-electron chi connectivity index (χ3n) is 3.76. The van der Waals surface area contributed by atoms with Gasteiger partial charge >= 0.3 is 0 Å². The van der Waals surface area contributed by atoms with E-state index in [1.165, 1.54) is 6.07 Å². The van der Waals surface area contributed by atoms with E-state index in [0.29, 0.717) is 30.2 Å². The molecule has 1 aromatic rings. The quantitative estimate of drug-likeness (QED) is 0.192. The predicted molar refractivity (Wildman–Crippen MR) is 119 cm³/mol. The second-order valence-electron chi connectivity index (χ2n) is 5.97. The number of halogens is 2. The SMILES string of the molecule is CCCCOCCCNC(=NC)NCCNC(=O)c1ccc(C)c(F)c1.I. The van der Waals surface area contributed by atoms with Crippen molar-refractivity contribution in [2.45, 2.75) is 33.1 Å². The Morgan fingerprint density at radius 3 is 2.44 bits per heavy atom. The molecule has 0 aliphatic rings. The highest BCUT2D eigenvalue weighted by Gasteiger charge is 2.07. The van der Waals surface area contributed by atoms with E-state index in [1.54, 1.807) is 26.1 Å². The number of nitrogens with one attached hydrogen (secondary N) is 3. The summed E-state index contributed by atoms with van der Waals surface area (Å²) in [5.74, 6) is 0.00566. The fourth-order valence-electron chi connectivity index (χ4n) is 2.14. The van der Waals surface area contributed by atoms with Gasteiger partial charge < -0.3 is 20.7 Å². The van der Waals surface area contributed by atoms with Crippen molar-refractivity contribution in [1.82, 2.24) is 16.0 Å². The number of aliphatic imine (C=N–C) groups is 1. The van der Waals surface area contributed by atoms with Crippen molar-refractivity contribution in [1.29, 1.82) is 0 Å². The number of amides is 1. The maximum atomic E-state index is 13.5. The lowest BCUT2D eigenvalue weighted by Crippen LogP contribution is -2.42. The summed E-state index contributed by atoms with van der Waals surface area (Å²) in [5, 5.41) is 9.06. The van der Waals surface area contributed by atoms with Gasteiger partial charge in [0, 0.05) is 45.5 Å². The number of carbonyl (C=O) groups is 1. The van der Waals surface area contributed by atoms with Gasteiger partial charge in [0.05, 0.1) is 0 Å². The average Bonchev–Trinajstić information content (AvgIpc) is 2.64. The third-order valence-corrected chi connectivity index (χ3v) is 3.76. The van der Waals surface area contributed by atoms with Crippen molar-refractivity contribution in [2.75, 3.05) is 39.9 Å². The summed E-state index contributed by atoms with van der Waals surface area (Å²) in [5.41, 5.74) is 0.840. The van der Waals surface area contributed by atoms with Crippen LogP contribution >= 0.6 is 24.0 Å². The van der Waals surface area contributed by atoms with Crippen LogP contribution in [0, 0.1) is 12.7 Å². The molecule has 1 aromatic carbocycles. The van der Waals surface area contributed by atoms with Gasteiger partial charge in [-0.3, -0.25) is 9.79 Å². The van der Waals surface area contributed by atoms with Crippen LogP contribution < -0.4 is 16.0 Å². The molecule has 0 aromatic heterocycles. The van der Waals surface area contributed by atoms with E-state index in [-0.39, 0.29) is 35.7 Å². The zero-order chi connectivity index (χ0) is 19.2. The van der Waals surface area contributed by atoms with Crippen molar-refractivity contribution in [3.05, 3.63) is 35.1 Å². The van der Waals surface area contributed by atoms with E-state index in [4.69, 9.17) is 4.74 Å². The summed E-state index contributed by atoms with van der Waals surface area (Å²) in [7, 11) is 1.70. The van der Waals surface area contributed by atoms with Crippen LogP contribution in [0.3, 0.4) is 0 Å². The predicted octanol–water partition coefficient (Wildman–Crippen LogP) is 2.85. The smallest absolute Gasteiger partial charge is 0.251 e. The summed E-state index contributed by atoms with van der Waals surface area (Å²) in [4.78, 5) is 16.1. The van der Waals surface area contributed by atoms with Gasteiger partial charge in [-0.05, 0) is 37.5 Å². The van der Waals surface area contributed by atoms with Crippen LogP contribution in [0.25, 0.3) is 0 Å². The first kappa shape index (κ1) is 25.6. The molecule has 0 aliphatic carbocycles. The summed E-state index contributed by atoms with van der Waals surface area (Å²) >= 11 is 0. The highest BCUT2D eigenvalue weighted by atomic mass is 127. The first-order valence-corrected chi connectivity index (χ1v) is 9.15. The molecule has 0 fully saturated rings. The van der Waals surface area contributed by atoms with Crippen LogP contribution in [0.1, 0.15) is 42.1 Å². The number of hydrogen-bond donors (Lipinski definition) is 3. The van der Waals surface area contributed by atoms with Crippen LogP contribution in [0.15, 0.2) is 23.2 Å². The average molecular weight is 494 g/mol. The van der Waals surface area contributed by atoms with Crippen molar-refractivity contribution in [3.63, 3.8) is 0 Å². The van der Waals surface area contributed by atoms with E-state index >= 15 is 0 Å². The second kappa shape index (κ2) is 15.6. The zero-order valence-electron chi connectivity index (χ0n) is 16.4. The van der Waals surface area contributed by atoms with Gasteiger partial charge in [0.25, 0.3) is 5.91 Å². The molecule has 0 heterocycles. The number of guanidine groups is 1. The molecule has 0 unspecified atom stereocenters. The standard InChI is InChI=1S/C19H31FN4O2.HI/c1-4-5-12-26-13-6-9-23-19(21-3)24-11-10-22-18(25)16-8-7-15(2)17(20)14-16;/h7-8,14H,4-6,9-13H2,1-3H3,(H,22,25)(H2,21,23,24);1H. The Bertz CT molecular complexity index is 585. The maximum Gasteiger partial charge on any atom is 0.251 e. The highest BCUT2D eigenvalue weighted by molar-refractivity contribution is 14.0. The Kier molecular flexibility index (Phi) is 14.8. The van der Waals surface area contributed by atoms with Crippen LogP contribution in [0.5, 0.6) is 0 Å². The first-order valence-electron chi connectivity index (χ1n) is 9.15. The minimum absolute atomic E-state index is 0. The van der Waals surface area contributed by atoms with Gasteiger partial charge in [0.15, 0.2) is 5.96 Å². The van der Waals surface area contributed by atoms with E-state index in [9.17, 15) is 9.18 Å². The fourth-order valence-corrected chi connectivity index (χ4v) is 2.14. The lowest BCUT2D eigenvalue weighted by atomic mass is 10.1. The topological polar surface area (TPSA) is 74.8 Å². The van der Waals surface area contributed by atoms with Crippen LogP contribution in [0.2, 0.25) is 0 Å². The van der Waals surface area contributed by atoms with Crippen LogP contribution in [-0.2, 0) is 4.74 Å². The van der Waals surface area contributed by atoms with Gasteiger partial charge in [-0.25, -0.2) is 4.39 Å². The molecule has 27 heavy (non-hydrogen) atoms. The lowest BCUT2D eigenvalue weighted by molar-refractivity contribution is 0.0954. The molecular weight excluding hydrogens is 462 g/mol. The molecule has 0 saturated carbocycles. The molecular formula is C19H32FIN4O2. The number of benzene rings is 1. The molecule has 0 bridgehead atoms. The lowest BCUT2D eigenvalue weighted by Gasteiger charge is -2.12. The zero-order valence-corrected chi connectivity index (χ0v) is 18.8. The molecule has 6 nitrogen and oxygen atoms in total. The molecule has 8 heteroatoms. The molecule has 0 saturated heterocycles. The Labute approximate surface area is 178 Å². The van der Waals surface area contributed by atoms with E-state index in [2.05, 4.69) is 27.9 Å². The molecule has 3 N–H and O–H groups in total. The molecule has 0 atom stereocenters. The van der Waals surface area contributed by atoms with Crippen LogP contribution in [-0.4, -0.2) is 51.8 Å². The molecule has 0 radical (unpaired) electrons. The fraction of sp³-hybridized carbons (Fsp3) is 0.579. The largest absolute Gasteiger partial charge is 0.381 e. The Morgan fingerprint density at radius 2 is 1.78 bits per heavy atom. The minimum atomic E-state index is -0.376. The number of rotatable bonds is 11. The number of aryl methyl sites for hydroxylation is 1. The van der Waals surface area contributed by atoms with E-state index < -0.39 is 0 Å². The molecule has 1 amide bonds. The summed E-state index contributed by atoms with van der Waals surface area (Å²) in [6.45, 7) is 7.04. The number of nitrogens with zero attached hydrogens (tertiary/aromatic N) is 1. The number of ether oxygens (including phenoxy) is 1. The molecule has 0 aliphatic heterocycles. The van der Waals surface area contributed by atoms with Gasteiger partial charge in [-0.15, -0.1) is 24.0 Å². The molecule has 154 valence electrons. The van der Waals surface area contributed by atoms with E-state index in [1.807, 2.05) is 0 Å². The van der Waals surface area contributed by atoms with Crippen molar-refractivity contribution >= 4 is 35.8 Å². The summed E-state index contributed by atoms with van der Waals surface area (Å²) in [6.07, 6.45) is 3.14. The van der Waals surface area contributed by atoms with Gasteiger partial charge in [0.1, 0.15) is 5.82 Å². The number of carbonyl (C=O) groups excluding carboxylic acids is 1. The van der Waals surface area contributed by atoms with Crippen molar-refractivity contribution in [3.8, 4) is 0 Å². The van der Waals surface area contributed by atoms with Crippen LogP contribution in [0.4, 0.5) is 4.39 Å². The maximum absolute atomic E-state index is 13.5. The van der Waals surface area contributed by atoms with Gasteiger partial charge in [0.2, 0.25) is 0 Å². The third kappa shape index (κ3) is 11.1. The van der Waals surface area contributed by atoms with Gasteiger partial charge in [-0.1, -0.05) is 19.4 Å². The molecule has 1 rings (SSSR count). The Morgan fingerprint density at radius 1 is 1.11 bits per heavy atom. The first-order chi connectivity index (χ1) is 12.6. The molecule has 0 spiro atoms. The summed E-state index contributed by atoms with van der Waals surface area (Å²) in [6, 6.07) is 4.46. The normalized spacial score (nSPS) is 10.9. The Balaban J connectivity index is 0.00000676. The van der Waals surface area contributed by atoms with Gasteiger partial charge in [-0.2, -0.15) is 0 Å². The second-order valence-corrected chi connectivity index (χ2v) is 5.97. The Hall–Kier alpha value is -1.42.